The van der Waals surface area contributed by atoms with Gasteiger partial charge in [0.05, 0.1) is 11.3 Å². The van der Waals surface area contributed by atoms with E-state index >= 15 is 0 Å². The molecule has 0 fully saturated rings. The van der Waals surface area contributed by atoms with Gasteiger partial charge in [0.2, 0.25) is 0 Å². The van der Waals surface area contributed by atoms with Gasteiger partial charge in [-0.05, 0) is 52.3 Å². The van der Waals surface area contributed by atoms with Crippen molar-refractivity contribution in [2.24, 2.45) is 5.92 Å². The molecule has 2 N–H and O–H groups in total. The van der Waals surface area contributed by atoms with Crippen molar-refractivity contribution in [3.63, 3.8) is 0 Å². The van der Waals surface area contributed by atoms with Crippen LogP contribution in [-0.4, -0.2) is 33.6 Å². The van der Waals surface area contributed by atoms with E-state index in [2.05, 4.69) is 38.1 Å². The van der Waals surface area contributed by atoms with Crippen LogP contribution >= 0.6 is 0 Å². The average Bonchev–Trinajstić information content (AvgIpc) is 2.72. The van der Waals surface area contributed by atoms with Crippen LogP contribution in [0.4, 0.5) is 0 Å². The van der Waals surface area contributed by atoms with Crippen LogP contribution in [0.5, 0.6) is 0 Å². The first-order valence-corrected chi connectivity index (χ1v) is 7.27. The summed E-state index contributed by atoms with van der Waals surface area (Å²) in [5.41, 5.74) is 0.266. The zero-order valence-electron chi connectivity index (χ0n) is 13.0. The summed E-state index contributed by atoms with van der Waals surface area (Å²) in [4.78, 5) is 0. The van der Waals surface area contributed by atoms with Crippen LogP contribution in [0.15, 0.2) is 12.3 Å². The quantitative estimate of drug-likeness (QED) is 0.711. The first-order chi connectivity index (χ1) is 8.80. The van der Waals surface area contributed by atoms with Gasteiger partial charge in [-0.2, -0.15) is 5.10 Å². The highest BCUT2D eigenvalue weighted by Crippen LogP contribution is 2.16. The van der Waals surface area contributed by atoms with Gasteiger partial charge >= 0.3 is 0 Å². The molecule has 0 saturated heterocycles. The first-order valence-electron chi connectivity index (χ1n) is 7.27. The van der Waals surface area contributed by atoms with E-state index in [-0.39, 0.29) is 0 Å². The maximum absolute atomic E-state index is 10.4. The van der Waals surface area contributed by atoms with Crippen LogP contribution < -0.4 is 5.32 Å². The van der Waals surface area contributed by atoms with E-state index in [1.54, 1.807) is 0 Å². The minimum Gasteiger partial charge on any atom is -0.390 e. The highest BCUT2D eigenvalue weighted by molar-refractivity contribution is 5.03. The molecule has 1 rings (SSSR count). The number of nitrogens with one attached hydrogen (secondary N) is 1. The Balaban J connectivity index is 2.40. The minimum atomic E-state index is -0.694. The lowest BCUT2D eigenvalue weighted by atomic mass is 9.96. The van der Waals surface area contributed by atoms with Gasteiger partial charge in [-0.3, -0.25) is 4.68 Å². The number of aliphatic hydroxyl groups is 1. The molecular formula is C15H29N3O. The van der Waals surface area contributed by atoms with Crippen molar-refractivity contribution in [1.29, 1.82) is 0 Å². The van der Waals surface area contributed by atoms with Crippen molar-refractivity contribution >= 4 is 0 Å². The largest absolute Gasteiger partial charge is 0.390 e. The molecule has 0 bridgehead atoms. The number of hydrogen-bond acceptors (Lipinski definition) is 3. The summed E-state index contributed by atoms with van der Waals surface area (Å²) in [7, 11) is 0. The Morgan fingerprint density at radius 3 is 2.58 bits per heavy atom. The van der Waals surface area contributed by atoms with Gasteiger partial charge in [0.1, 0.15) is 0 Å². The third-order valence-corrected chi connectivity index (χ3v) is 3.15. The third-order valence-electron chi connectivity index (χ3n) is 3.15. The molecule has 0 amide bonds. The SMILES string of the molecule is CC(C)CNCCC(C)(O)Cc1ccn(C(C)C)n1. The topological polar surface area (TPSA) is 50.1 Å². The van der Waals surface area contributed by atoms with Crippen molar-refractivity contribution in [3.8, 4) is 0 Å². The van der Waals surface area contributed by atoms with Crippen LogP contribution in [0.25, 0.3) is 0 Å². The maximum atomic E-state index is 10.4. The Morgan fingerprint density at radius 1 is 1.37 bits per heavy atom. The van der Waals surface area contributed by atoms with Crippen LogP contribution in [0.2, 0.25) is 0 Å². The molecular weight excluding hydrogens is 238 g/mol. The Bertz CT molecular complexity index is 369. The van der Waals surface area contributed by atoms with E-state index in [9.17, 15) is 5.11 Å². The number of rotatable bonds is 8. The molecule has 1 atom stereocenters. The van der Waals surface area contributed by atoms with Crippen molar-refractivity contribution in [2.75, 3.05) is 13.1 Å². The molecule has 110 valence electrons. The molecule has 4 nitrogen and oxygen atoms in total. The highest BCUT2D eigenvalue weighted by atomic mass is 16.3. The Kier molecular flexibility index (Phi) is 6.01. The third kappa shape index (κ3) is 6.21. The van der Waals surface area contributed by atoms with Crippen LogP contribution in [0.3, 0.4) is 0 Å². The van der Waals surface area contributed by atoms with Gasteiger partial charge in [-0.1, -0.05) is 13.8 Å². The van der Waals surface area contributed by atoms with Gasteiger partial charge in [0, 0.05) is 18.7 Å². The lowest BCUT2D eigenvalue weighted by Gasteiger charge is -2.22. The summed E-state index contributed by atoms with van der Waals surface area (Å²) in [6.45, 7) is 12.3. The molecule has 1 aromatic rings. The Morgan fingerprint density at radius 2 is 2.05 bits per heavy atom. The van der Waals surface area contributed by atoms with Crippen LogP contribution in [0, 0.1) is 5.92 Å². The van der Waals surface area contributed by atoms with Gasteiger partial charge in [0.25, 0.3) is 0 Å². The molecule has 1 unspecified atom stereocenters. The number of nitrogens with zero attached hydrogens (tertiary/aromatic N) is 2. The van der Waals surface area contributed by atoms with E-state index in [4.69, 9.17) is 0 Å². The first kappa shape index (κ1) is 16.2. The fourth-order valence-corrected chi connectivity index (χ4v) is 1.99. The monoisotopic (exact) mass is 267 g/mol. The lowest BCUT2D eigenvalue weighted by molar-refractivity contribution is 0.0502. The minimum absolute atomic E-state index is 0.367. The summed E-state index contributed by atoms with van der Waals surface area (Å²) in [5.74, 6) is 0.645. The van der Waals surface area contributed by atoms with Gasteiger partial charge in [0.15, 0.2) is 0 Å². The molecule has 0 spiro atoms. The molecule has 4 heteroatoms. The molecule has 0 aliphatic heterocycles. The van der Waals surface area contributed by atoms with E-state index in [1.807, 2.05) is 23.9 Å². The Labute approximate surface area is 117 Å². The molecule has 0 aliphatic carbocycles. The van der Waals surface area contributed by atoms with E-state index < -0.39 is 5.60 Å². The zero-order chi connectivity index (χ0) is 14.5. The van der Waals surface area contributed by atoms with Crippen LogP contribution in [0.1, 0.15) is 52.8 Å². The molecule has 19 heavy (non-hydrogen) atoms. The summed E-state index contributed by atoms with van der Waals surface area (Å²) >= 11 is 0. The van der Waals surface area contributed by atoms with Crippen molar-refractivity contribution in [2.45, 2.75) is 59.1 Å². The fourth-order valence-electron chi connectivity index (χ4n) is 1.99. The summed E-state index contributed by atoms with van der Waals surface area (Å²) < 4.78 is 1.93. The van der Waals surface area contributed by atoms with Gasteiger partial charge < -0.3 is 10.4 Å². The molecule has 0 aromatic carbocycles. The highest BCUT2D eigenvalue weighted by Gasteiger charge is 2.22. The maximum Gasteiger partial charge on any atom is 0.0687 e. The van der Waals surface area contributed by atoms with Crippen molar-refractivity contribution in [3.05, 3.63) is 18.0 Å². The van der Waals surface area contributed by atoms with Gasteiger partial charge in [-0.15, -0.1) is 0 Å². The molecule has 0 aliphatic rings. The summed E-state index contributed by atoms with van der Waals surface area (Å²) in [6, 6.07) is 2.36. The normalized spacial score (nSPS) is 15.2. The van der Waals surface area contributed by atoms with E-state index in [0.29, 0.717) is 18.4 Å². The smallest absolute Gasteiger partial charge is 0.0687 e. The Hall–Kier alpha value is -0.870. The van der Waals surface area contributed by atoms with Crippen molar-refractivity contribution < 1.29 is 5.11 Å². The standard InChI is InChI=1S/C15H29N3O/c1-12(2)11-16-8-7-15(5,19)10-14-6-9-18(17-14)13(3)4/h6,9,12-13,16,19H,7-8,10-11H2,1-5H3. The number of aromatic nitrogens is 2. The lowest BCUT2D eigenvalue weighted by Crippen LogP contribution is -2.33. The second kappa shape index (κ2) is 7.06. The van der Waals surface area contributed by atoms with E-state index in [0.717, 1.165) is 25.2 Å². The molecule has 0 radical (unpaired) electrons. The second-order valence-corrected chi connectivity index (χ2v) is 6.40. The van der Waals surface area contributed by atoms with Crippen molar-refractivity contribution in [1.82, 2.24) is 15.1 Å². The van der Waals surface area contributed by atoms with Gasteiger partial charge in [-0.25, -0.2) is 0 Å². The molecule has 1 aromatic heterocycles. The fraction of sp³-hybridized carbons (Fsp3) is 0.800. The molecule has 0 saturated carbocycles. The van der Waals surface area contributed by atoms with Crippen LogP contribution in [-0.2, 0) is 6.42 Å². The predicted octanol–water partition coefficient (Wildman–Crippen LogP) is 2.39. The average molecular weight is 267 g/mol. The molecule has 1 heterocycles. The number of hydrogen-bond donors (Lipinski definition) is 2. The van der Waals surface area contributed by atoms with E-state index in [1.165, 1.54) is 0 Å². The zero-order valence-corrected chi connectivity index (χ0v) is 13.0. The predicted molar refractivity (Wildman–Crippen MR) is 79.3 cm³/mol. The summed E-state index contributed by atoms with van der Waals surface area (Å²) in [5, 5.41) is 18.2. The second-order valence-electron chi connectivity index (χ2n) is 6.40. The summed E-state index contributed by atoms with van der Waals surface area (Å²) in [6.07, 6.45) is 3.33.